The average Bonchev–Trinajstić information content (AvgIpc) is 2.64. The highest BCUT2D eigenvalue weighted by atomic mass is 16.5. The van der Waals surface area contributed by atoms with Gasteiger partial charge in [0.2, 0.25) is 0 Å². The Labute approximate surface area is 142 Å². The number of benzene rings is 2. The molecular weight excluding hydrogens is 304 g/mol. The van der Waals surface area contributed by atoms with Crippen LogP contribution in [0.2, 0.25) is 0 Å². The van der Waals surface area contributed by atoms with Crippen molar-refractivity contribution >= 4 is 11.6 Å². The molecule has 0 aliphatic carbocycles. The number of quaternary nitrogens is 1. The molecule has 0 spiro atoms. The minimum absolute atomic E-state index is 0.138. The first kappa shape index (κ1) is 16.5. The van der Waals surface area contributed by atoms with Crippen molar-refractivity contribution in [1.82, 2.24) is 0 Å². The van der Waals surface area contributed by atoms with E-state index in [0.29, 0.717) is 11.3 Å². The van der Waals surface area contributed by atoms with Crippen LogP contribution in [0.4, 0.5) is 5.69 Å². The van der Waals surface area contributed by atoms with Crippen molar-refractivity contribution in [3.63, 3.8) is 0 Å². The van der Waals surface area contributed by atoms with Crippen molar-refractivity contribution in [2.24, 2.45) is 0 Å². The summed E-state index contributed by atoms with van der Waals surface area (Å²) in [6.07, 6.45) is 0. The van der Waals surface area contributed by atoms with Crippen LogP contribution in [0, 0.1) is 0 Å². The summed E-state index contributed by atoms with van der Waals surface area (Å²) < 4.78 is 10.5. The highest BCUT2D eigenvalue weighted by Gasteiger charge is 2.14. The molecule has 0 radical (unpaired) electrons. The van der Waals surface area contributed by atoms with Crippen LogP contribution in [0.3, 0.4) is 0 Å². The molecule has 1 saturated heterocycles. The van der Waals surface area contributed by atoms with Crippen molar-refractivity contribution in [2.75, 3.05) is 38.7 Å². The fourth-order valence-electron chi connectivity index (χ4n) is 2.80. The van der Waals surface area contributed by atoms with Gasteiger partial charge in [-0.05, 0) is 30.3 Å². The highest BCUT2D eigenvalue weighted by Crippen LogP contribution is 2.15. The third-order valence-electron chi connectivity index (χ3n) is 4.20. The molecule has 2 aromatic carbocycles. The number of nitrogens with one attached hydrogen (secondary N) is 2. The van der Waals surface area contributed by atoms with Crippen LogP contribution in [0.1, 0.15) is 15.9 Å². The maximum absolute atomic E-state index is 12.3. The normalized spacial score (nSPS) is 15.0. The van der Waals surface area contributed by atoms with E-state index in [2.05, 4.69) is 17.4 Å². The Hall–Kier alpha value is -2.37. The molecule has 126 valence electrons. The summed E-state index contributed by atoms with van der Waals surface area (Å²) >= 11 is 0. The number of morpholine rings is 1. The van der Waals surface area contributed by atoms with Crippen molar-refractivity contribution in [2.45, 2.75) is 6.54 Å². The number of carbonyl (C=O) groups is 1. The molecule has 1 fully saturated rings. The zero-order valence-electron chi connectivity index (χ0n) is 13.9. The van der Waals surface area contributed by atoms with Crippen LogP contribution in [0.25, 0.3) is 0 Å². The monoisotopic (exact) mass is 327 g/mol. The molecule has 1 amide bonds. The van der Waals surface area contributed by atoms with Crippen molar-refractivity contribution in [3.05, 3.63) is 59.7 Å². The lowest BCUT2D eigenvalue weighted by Gasteiger charge is -2.23. The predicted molar refractivity (Wildman–Crippen MR) is 92.6 cm³/mol. The Bertz CT molecular complexity index is 679. The molecule has 0 unspecified atom stereocenters. The van der Waals surface area contributed by atoms with E-state index in [0.717, 1.165) is 38.5 Å². The number of methoxy groups -OCH3 is 1. The van der Waals surface area contributed by atoms with E-state index in [9.17, 15) is 4.79 Å². The summed E-state index contributed by atoms with van der Waals surface area (Å²) in [5.41, 5.74) is 2.64. The second kappa shape index (κ2) is 7.95. The van der Waals surface area contributed by atoms with Gasteiger partial charge in [0, 0.05) is 16.8 Å². The summed E-state index contributed by atoms with van der Waals surface area (Å²) in [5, 5.41) is 2.92. The summed E-state index contributed by atoms with van der Waals surface area (Å²) in [7, 11) is 1.59. The lowest BCUT2D eigenvalue weighted by Crippen LogP contribution is -3.12. The van der Waals surface area contributed by atoms with Crippen LogP contribution < -0.4 is 15.0 Å². The number of amides is 1. The van der Waals surface area contributed by atoms with Gasteiger partial charge in [0.1, 0.15) is 25.4 Å². The van der Waals surface area contributed by atoms with Gasteiger partial charge in [0.15, 0.2) is 0 Å². The molecule has 2 N–H and O–H groups in total. The molecule has 0 atom stereocenters. The quantitative estimate of drug-likeness (QED) is 0.872. The van der Waals surface area contributed by atoms with Crippen LogP contribution in [0.5, 0.6) is 5.75 Å². The molecule has 5 nitrogen and oxygen atoms in total. The third kappa shape index (κ3) is 4.34. The molecule has 2 aromatic rings. The van der Waals surface area contributed by atoms with Gasteiger partial charge < -0.3 is 19.7 Å². The van der Waals surface area contributed by atoms with Gasteiger partial charge in [0.25, 0.3) is 5.91 Å². The Balaban J connectivity index is 1.59. The van der Waals surface area contributed by atoms with E-state index in [1.54, 1.807) is 19.2 Å². The molecule has 1 aliphatic rings. The summed E-state index contributed by atoms with van der Waals surface area (Å²) in [5.74, 6) is 0.534. The number of hydrogen-bond donors (Lipinski definition) is 2. The molecule has 0 saturated carbocycles. The first-order valence-electron chi connectivity index (χ1n) is 8.20. The summed E-state index contributed by atoms with van der Waals surface area (Å²) in [6.45, 7) is 4.77. The zero-order valence-corrected chi connectivity index (χ0v) is 13.9. The topological polar surface area (TPSA) is 52.0 Å². The fraction of sp³-hybridized carbons (Fsp3) is 0.316. The number of anilines is 1. The molecular formula is C19H23N2O3+. The smallest absolute Gasteiger partial charge is 0.255 e. The molecule has 1 heterocycles. The highest BCUT2D eigenvalue weighted by molar-refractivity contribution is 6.04. The lowest BCUT2D eigenvalue weighted by atomic mass is 10.1. The summed E-state index contributed by atoms with van der Waals surface area (Å²) in [6, 6.07) is 15.2. The van der Waals surface area contributed by atoms with Crippen molar-refractivity contribution < 1.29 is 19.2 Å². The van der Waals surface area contributed by atoms with E-state index in [1.807, 2.05) is 24.3 Å². The lowest BCUT2D eigenvalue weighted by molar-refractivity contribution is -0.921. The fourth-order valence-corrected chi connectivity index (χ4v) is 2.80. The Morgan fingerprint density at radius 1 is 1.17 bits per heavy atom. The van der Waals surface area contributed by atoms with Gasteiger partial charge in [-0.15, -0.1) is 0 Å². The molecule has 3 rings (SSSR count). The molecule has 5 heteroatoms. The van der Waals surface area contributed by atoms with Gasteiger partial charge in [-0.1, -0.05) is 18.2 Å². The van der Waals surface area contributed by atoms with Crippen LogP contribution in [-0.2, 0) is 11.3 Å². The zero-order chi connectivity index (χ0) is 16.8. The van der Waals surface area contributed by atoms with E-state index in [1.165, 1.54) is 10.5 Å². The maximum Gasteiger partial charge on any atom is 0.255 e. The van der Waals surface area contributed by atoms with Gasteiger partial charge in [-0.25, -0.2) is 0 Å². The molecule has 1 aliphatic heterocycles. The second-order valence-electron chi connectivity index (χ2n) is 5.92. The molecule has 0 bridgehead atoms. The summed E-state index contributed by atoms with van der Waals surface area (Å²) in [4.78, 5) is 13.8. The number of carbonyl (C=O) groups excluding carboxylic acids is 1. The second-order valence-corrected chi connectivity index (χ2v) is 5.92. The Morgan fingerprint density at radius 3 is 2.62 bits per heavy atom. The number of ether oxygens (including phenoxy) is 2. The average molecular weight is 327 g/mol. The van der Waals surface area contributed by atoms with Gasteiger partial charge in [-0.3, -0.25) is 4.79 Å². The van der Waals surface area contributed by atoms with Crippen molar-refractivity contribution in [3.8, 4) is 5.75 Å². The van der Waals surface area contributed by atoms with E-state index < -0.39 is 0 Å². The first-order chi connectivity index (χ1) is 11.7. The maximum atomic E-state index is 12.3. The van der Waals surface area contributed by atoms with Crippen LogP contribution >= 0.6 is 0 Å². The van der Waals surface area contributed by atoms with Crippen molar-refractivity contribution in [1.29, 1.82) is 0 Å². The third-order valence-corrected chi connectivity index (χ3v) is 4.20. The molecule has 24 heavy (non-hydrogen) atoms. The molecule has 0 aromatic heterocycles. The predicted octanol–water partition coefficient (Wildman–Crippen LogP) is 1.36. The van der Waals surface area contributed by atoms with Gasteiger partial charge >= 0.3 is 0 Å². The van der Waals surface area contributed by atoms with E-state index in [-0.39, 0.29) is 5.91 Å². The largest absolute Gasteiger partial charge is 0.497 e. The van der Waals surface area contributed by atoms with Gasteiger partial charge in [0.05, 0.1) is 20.3 Å². The first-order valence-corrected chi connectivity index (χ1v) is 8.20. The van der Waals surface area contributed by atoms with E-state index in [4.69, 9.17) is 9.47 Å². The standard InChI is InChI=1S/C19H22N2O3/c1-23-18-4-2-3-16(13-18)19(22)20-17-7-5-15(6-8-17)14-21-9-11-24-12-10-21/h2-8,13H,9-12,14H2,1H3,(H,20,22)/p+1. The minimum atomic E-state index is -0.138. The number of rotatable bonds is 5. The van der Waals surface area contributed by atoms with Gasteiger partial charge in [-0.2, -0.15) is 0 Å². The Kier molecular flexibility index (Phi) is 5.46. The number of hydrogen-bond acceptors (Lipinski definition) is 3. The Morgan fingerprint density at radius 2 is 1.92 bits per heavy atom. The van der Waals surface area contributed by atoms with Crippen LogP contribution in [-0.4, -0.2) is 39.3 Å². The SMILES string of the molecule is COc1cccc(C(=O)Nc2ccc(C[NH+]3CCOCC3)cc2)c1. The minimum Gasteiger partial charge on any atom is -0.497 e. The van der Waals surface area contributed by atoms with Crippen LogP contribution in [0.15, 0.2) is 48.5 Å². The van der Waals surface area contributed by atoms with E-state index >= 15 is 0 Å².